The molecule has 0 fully saturated rings. The number of benzene rings is 11. The van der Waals surface area contributed by atoms with Crippen molar-refractivity contribution in [1.82, 2.24) is 13.7 Å². The van der Waals surface area contributed by atoms with Crippen LogP contribution in [0.4, 0.5) is 0 Å². The monoisotopic (exact) mass is 773 g/mol. The Morgan fingerprint density at radius 1 is 0.213 bits per heavy atom. The fourth-order valence-corrected chi connectivity index (χ4v) is 10.7. The lowest BCUT2D eigenvalue weighted by Gasteiger charge is -2.15. The maximum absolute atomic E-state index is 2.48. The van der Waals surface area contributed by atoms with E-state index in [1.54, 1.807) is 0 Å². The Bertz CT molecular complexity index is 3640. The molecule has 0 bridgehead atoms. The highest BCUT2D eigenvalue weighted by atomic mass is 15.0. The van der Waals surface area contributed by atoms with E-state index in [-0.39, 0.29) is 0 Å². The van der Waals surface area contributed by atoms with Crippen LogP contribution in [0.2, 0.25) is 0 Å². The quantitative estimate of drug-likeness (QED) is 0.155. The van der Waals surface area contributed by atoms with Crippen molar-refractivity contribution in [1.29, 1.82) is 0 Å². The molecule has 3 nitrogen and oxygen atoms in total. The van der Waals surface area contributed by atoms with E-state index in [2.05, 4.69) is 226 Å². The lowest BCUT2D eigenvalue weighted by molar-refractivity contribution is 1.16. The second-order valence-corrected chi connectivity index (χ2v) is 16.5. The van der Waals surface area contributed by atoms with Gasteiger partial charge in [-0.2, -0.15) is 0 Å². The summed E-state index contributed by atoms with van der Waals surface area (Å²) >= 11 is 0. The maximum atomic E-state index is 2.48. The van der Waals surface area contributed by atoms with Crippen LogP contribution in [0.15, 0.2) is 212 Å². The van der Waals surface area contributed by atoms with Crippen molar-refractivity contribution in [3.63, 3.8) is 0 Å². The van der Waals surface area contributed by atoms with Gasteiger partial charge in [-0.3, -0.25) is 0 Å². The lowest BCUT2D eigenvalue weighted by Crippen LogP contribution is -1.97. The lowest BCUT2D eigenvalue weighted by atomic mass is 9.98. The Morgan fingerprint density at radius 3 is 0.951 bits per heavy atom. The van der Waals surface area contributed by atoms with Gasteiger partial charge in [-0.25, -0.2) is 0 Å². The highest BCUT2D eigenvalue weighted by Crippen LogP contribution is 2.44. The maximum Gasteiger partial charge on any atom is 0.0547 e. The summed E-state index contributed by atoms with van der Waals surface area (Å²) in [5.74, 6) is 0. The van der Waals surface area contributed by atoms with Crippen LogP contribution in [0, 0.1) is 0 Å². The average Bonchev–Trinajstić information content (AvgIpc) is 3.97. The average molecular weight is 774 g/mol. The van der Waals surface area contributed by atoms with Crippen LogP contribution in [0.5, 0.6) is 0 Å². The predicted molar refractivity (Wildman–Crippen MR) is 258 cm³/mol. The third-order valence-electron chi connectivity index (χ3n) is 13.3. The van der Waals surface area contributed by atoms with E-state index in [9.17, 15) is 0 Å². The van der Waals surface area contributed by atoms with Gasteiger partial charge in [-0.05, 0) is 123 Å². The summed E-state index contributed by atoms with van der Waals surface area (Å²) in [7, 11) is 0. The third kappa shape index (κ3) is 4.58. The van der Waals surface area contributed by atoms with Crippen molar-refractivity contribution >= 4 is 87.0 Å². The first-order valence-electron chi connectivity index (χ1n) is 21.1. The molecule has 0 saturated heterocycles. The Kier molecular flexibility index (Phi) is 6.56. The molecule has 0 atom stereocenters. The van der Waals surface area contributed by atoms with Crippen LogP contribution in [-0.2, 0) is 0 Å². The first-order valence-corrected chi connectivity index (χ1v) is 21.1. The summed E-state index contributed by atoms with van der Waals surface area (Å²) in [4.78, 5) is 0. The van der Waals surface area contributed by atoms with Crippen LogP contribution in [0.3, 0.4) is 0 Å². The summed E-state index contributed by atoms with van der Waals surface area (Å²) in [6, 6.07) is 78.7. The number of rotatable bonds is 5. The minimum atomic E-state index is 1.13. The van der Waals surface area contributed by atoms with Gasteiger partial charge in [-0.1, -0.05) is 133 Å². The number of nitrogens with zero attached hydrogens (tertiary/aromatic N) is 3. The SMILES string of the molecule is c1ccc(-c2cc(-c3ccccc3)cc(-n3c4ccc(-n5c6cccc7ccc8cccc5c8c76)cc4c4cc(-n5c6cccc7ccc8cccc5c8c76)ccc43)c2)cc1. The van der Waals surface area contributed by atoms with Crippen molar-refractivity contribution in [2.24, 2.45) is 0 Å². The molecule has 3 heterocycles. The number of aromatic nitrogens is 3. The molecule has 3 aromatic heterocycles. The zero-order valence-electron chi connectivity index (χ0n) is 33.0. The highest BCUT2D eigenvalue weighted by molar-refractivity contribution is 6.25. The third-order valence-corrected chi connectivity index (χ3v) is 13.3. The fourth-order valence-electron chi connectivity index (χ4n) is 10.7. The Labute approximate surface area is 350 Å². The Balaban J connectivity index is 1.09. The Morgan fingerprint density at radius 2 is 0.574 bits per heavy atom. The summed E-state index contributed by atoms with van der Waals surface area (Å²) < 4.78 is 7.43. The topological polar surface area (TPSA) is 14.8 Å². The molecule has 3 heteroatoms. The van der Waals surface area contributed by atoms with E-state index in [4.69, 9.17) is 0 Å². The van der Waals surface area contributed by atoms with Crippen molar-refractivity contribution in [2.45, 2.75) is 0 Å². The molecule has 282 valence electrons. The molecular formula is C58H35N3. The van der Waals surface area contributed by atoms with Gasteiger partial charge in [0.15, 0.2) is 0 Å². The van der Waals surface area contributed by atoms with Crippen molar-refractivity contribution < 1.29 is 0 Å². The van der Waals surface area contributed by atoms with Crippen LogP contribution in [0.1, 0.15) is 0 Å². The van der Waals surface area contributed by atoms with Crippen LogP contribution in [-0.4, -0.2) is 13.7 Å². The van der Waals surface area contributed by atoms with Crippen LogP contribution in [0.25, 0.3) is 126 Å². The smallest absolute Gasteiger partial charge is 0.0547 e. The zero-order chi connectivity index (χ0) is 39.8. The largest absolute Gasteiger partial charge is 0.309 e. The molecule has 14 rings (SSSR count). The van der Waals surface area contributed by atoms with Crippen molar-refractivity contribution in [2.75, 3.05) is 0 Å². The molecule has 0 amide bonds. The summed E-state index contributed by atoms with van der Waals surface area (Å²) in [5.41, 5.74) is 15.5. The van der Waals surface area contributed by atoms with Gasteiger partial charge >= 0.3 is 0 Å². The molecule has 61 heavy (non-hydrogen) atoms. The van der Waals surface area contributed by atoms with Gasteiger partial charge in [0.25, 0.3) is 0 Å². The number of fused-ring (bicyclic) bond motifs is 3. The highest BCUT2D eigenvalue weighted by Gasteiger charge is 2.22. The summed E-state index contributed by atoms with van der Waals surface area (Å²) in [5, 5.41) is 12.8. The molecule has 11 aromatic carbocycles. The van der Waals surface area contributed by atoms with Crippen LogP contribution < -0.4 is 0 Å². The molecule has 0 unspecified atom stereocenters. The Hall–Kier alpha value is -8.14. The first-order chi connectivity index (χ1) is 30.2. The molecule has 0 radical (unpaired) electrons. The summed E-state index contributed by atoms with van der Waals surface area (Å²) in [6.07, 6.45) is 0. The first kappa shape index (κ1) is 32.8. The van der Waals surface area contributed by atoms with Gasteiger partial charge in [0.1, 0.15) is 0 Å². The fraction of sp³-hybridized carbons (Fsp3) is 0. The zero-order valence-corrected chi connectivity index (χ0v) is 33.0. The van der Waals surface area contributed by atoms with Gasteiger partial charge in [0.05, 0.1) is 33.1 Å². The standard InChI is InChI=1S/C58H35N3/c1-3-11-36(12-4-1)42-31-43(37-13-5-2-6-14-37)33-46(32-42)61-49-29-27-44(59-51-19-7-15-38-23-24-39-16-8-20-52(59)56(39)55(38)51)34-47(49)48-35-45(28-30-50(48)61)60-53-21-9-17-40-25-26-41-18-10-22-54(60)58(41)57(40)53/h1-35H. The summed E-state index contributed by atoms with van der Waals surface area (Å²) in [6.45, 7) is 0. The van der Waals surface area contributed by atoms with E-state index >= 15 is 0 Å². The van der Waals surface area contributed by atoms with Gasteiger partial charge in [-0.15, -0.1) is 0 Å². The van der Waals surface area contributed by atoms with Crippen molar-refractivity contribution in [3.05, 3.63) is 212 Å². The molecular weight excluding hydrogens is 739 g/mol. The minimum absolute atomic E-state index is 1.13. The van der Waals surface area contributed by atoms with E-state index < -0.39 is 0 Å². The molecule has 0 saturated carbocycles. The number of hydrogen-bond donors (Lipinski definition) is 0. The van der Waals surface area contributed by atoms with E-state index in [1.165, 1.54) is 109 Å². The van der Waals surface area contributed by atoms with E-state index in [0.717, 1.165) is 17.1 Å². The van der Waals surface area contributed by atoms with Crippen LogP contribution >= 0.6 is 0 Å². The second-order valence-electron chi connectivity index (χ2n) is 16.5. The van der Waals surface area contributed by atoms with E-state index in [0.29, 0.717) is 0 Å². The van der Waals surface area contributed by atoms with E-state index in [1.807, 2.05) is 0 Å². The van der Waals surface area contributed by atoms with Gasteiger partial charge in [0, 0.05) is 49.4 Å². The molecule has 0 N–H and O–H groups in total. The van der Waals surface area contributed by atoms with Crippen molar-refractivity contribution in [3.8, 4) is 39.3 Å². The predicted octanol–water partition coefficient (Wildman–Crippen LogP) is 15.5. The second kappa shape index (κ2) is 12.2. The molecule has 0 aliphatic heterocycles. The molecule has 0 aliphatic carbocycles. The molecule has 0 spiro atoms. The minimum Gasteiger partial charge on any atom is -0.309 e. The molecule has 0 aliphatic rings. The van der Waals surface area contributed by atoms with Gasteiger partial charge < -0.3 is 13.7 Å². The number of hydrogen-bond acceptors (Lipinski definition) is 0. The normalized spacial score (nSPS) is 12.3. The molecule has 14 aromatic rings. The van der Waals surface area contributed by atoms with Gasteiger partial charge in [0.2, 0.25) is 0 Å².